The van der Waals surface area contributed by atoms with Crippen molar-refractivity contribution >= 4 is 28.9 Å². The molecule has 1 amide bonds. The number of amides is 1. The minimum atomic E-state index is -1.78. The number of pyridine rings is 1. The summed E-state index contributed by atoms with van der Waals surface area (Å²) in [7, 11) is 0. The second kappa shape index (κ2) is 7.07. The van der Waals surface area contributed by atoms with Gasteiger partial charge in [-0.15, -0.1) is 0 Å². The maximum absolute atomic E-state index is 14.0. The number of benzene rings is 1. The number of anilines is 3. The first kappa shape index (κ1) is 18.5. The predicted molar refractivity (Wildman–Crippen MR) is 111 cm³/mol. The molecule has 152 valence electrons. The molecule has 0 atom stereocenters. The van der Waals surface area contributed by atoms with Crippen molar-refractivity contribution < 1.29 is 14.0 Å². The fourth-order valence-corrected chi connectivity index (χ4v) is 3.61. The second-order valence-corrected chi connectivity index (χ2v) is 7.60. The van der Waals surface area contributed by atoms with Gasteiger partial charge in [0.2, 0.25) is 0 Å². The van der Waals surface area contributed by atoms with E-state index < -0.39 is 11.6 Å². The molecule has 0 saturated heterocycles. The number of nitrogens with zero attached hydrogens (tertiary/aromatic N) is 1. The number of alkyl halides is 1. The Kier molecular flexibility index (Phi) is 4.36. The van der Waals surface area contributed by atoms with Gasteiger partial charge in [0, 0.05) is 29.7 Å². The van der Waals surface area contributed by atoms with Gasteiger partial charge in [0.25, 0.3) is 5.91 Å². The van der Waals surface area contributed by atoms with Crippen LogP contribution < -0.4 is 16.0 Å². The lowest BCUT2D eigenvalue weighted by molar-refractivity contribution is -0.122. The van der Waals surface area contributed by atoms with Crippen LogP contribution in [0.4, 0.5) is 21.6 Å². The molecule has 3 aromatic rings. The van der Waals surface area contributed by atoms with E-state index >= 15 is 0 Å². The molecule has 3 heterocycles. The smallest absolute Gasteiger partial charge is 0.263 e. The van der Waals surface area contributed by atoms with Crippen LogP contribution in [-0.4, -0.2) is 33.9 Å². The second-order valence-electron chi connectivity index (χ2n) is 7.60. The molecule has 8 heteroatoms. The topological polar surface area (TPSA) is 98.9 Å². The fraction of sp³-hybridized carbons (Fsp3) is 0.227. The van der Waals surface area contributed by atoms with E-state index in [0.717, 1.165) is 16.9 Å². The summed E-state index contributed by atoms with van der Waals surface area (Å²) in [5.74, 6) is -0.406. The standard InChI is InChI=1S/C22H20FN5O2/c23-22(7-8-22)21(30)28-17-10-13(6-9-25-17)19-20(26-14-4-2-1-3-5-14)18-15(27-19)11-24-12-16(18)29/h1-6,9-10,24,26-27H,7-8,11-12H2,(H,25,28,30). The third-order valence-corrected chi connectivity index (χ3v) is 5.37. The van der Waals surface area contributed by atoms with E-state index in [1.54, 1.807) is 18.3 Å². The van der Waals surface area contributed by atoms with Crippen LogP contribution in [0.25, 0.3) is 11.3 Å². The number of aromatic amines is 1. The zero-order chi connectivity index (χ0) is 20.7. The molecule has 7 nitrogen and oxygen atoms in total. The number of carbonyl (C=O) groups is 2. The summed E-state index contributed by atoms with van der Waals surface area (Å²) in [6.07, 6.45) is 2.03. The molecule has 30 heavy (non-hydrogen) atoms. The minimum Gasteiger partial charge on any atom is -0.355 e. The van der Waals surface area contributed by atoms with Gasteiger partial charge in [-0.05, 0) is 37.1 Å². The quantitative estimate of drug-likeness (QED) is 0.520. The van der Waals surface area contributed by atoms with E-state index in [-0.39, 0.29) is 31.0 Å². The van der Waals surface area contributed by atoms with Crippen molar-refractivity contribution in [3.8, 4) is 11.3 Å². The van der Waals surface area contributed by atoms with Gasteiger partial charge >= 0.3 is 0 Å². The highest BCUT2D eigenvalue weighted by molar-refractivity contribution is 6.08. The monoisotopic (exact) mass is 405 g/mol. The fourth-order valence-electron chi connectivity index (χ4n) is 3.61. The zero-order valence-electron chi connectivity index (χ0n) is 16.1. The van der Waals surface area contributed by atoms with E-state index in [1.165, 1.54) is 0 Å². The summed E-state index contributed by atoms with van der Waals surface area (Å²) in [5.41, 5.74) is 2.60. The minimum absolute atomic E-state index is 0.00660. The SMILES string of the molecule is O=C1CNCc2[nH]c(-c3ccnc(NC(=O)C4(F)CC4)c3)c(Nc3ccccc3)c21. The molecule has 0 spiro atoms. The number of halogens is 1. The van der Waals surface area contributed by atoms with Gasteiger partial charge in [0.1, 0.15) is 5.82 Å². The van der Waals surface area contributed by atoms with Crippen LogP contribution >= 0.6 is 0 Å². The van der Waals surface area contributed by atoms with Gasteiger partial charge in [-0.3, -0.25) is 9.59 Å². The Bertz CT molecular complexity index is 1140. The van der Waals surface area contributed by atoms with E-state index in [1.807, 2.05) is 30.3 Å². The van der Waals surface area contributed by atoms with Crippen LogP contribution in [0.15, 0.2) is 48.7 Å². The Morgan fingerprint density at radius 3 is 2.70 bits per heavy atom. The number of rotatable bonds is 5. The van der Waals surface area contributed by atoms with Gasteiger partial charge in [0.05, 0.1) is 23.5 Å². The molecule has 1 saturated carbocycles. The Hall–Kier alpha value is -3.52. The number of H-pyrrole nitrogens is 1. The van der Waals surface area contributed by atoms with Crippen molar-refractivity contribution in [2.75, 3.05) is 17.2 Å². The highest BCUT2D eigenvalue weighted by Gasteiger charge is 2.51. The predicted octanol–water partition coefficient (Wildman–Crippen LogP) is 3.55. The first-order chi connectivity index (χ1) is 14.5. The van der Waals surface area contributed by atoms with Crippen LogP contribution in [0.2, 0.25) is 0 Å². The summed E-state index contributed by atoms with van der Waals surface area (Å²) in [6, 6.07) is 13.0. The Labute approximate surface area is 172 Å². The van der Waals surface area contributed by atoms with E-state index in [9.17, 15) is 14.0 Å². The Morgan fingerprint density at radius 1 is 1.13 bits per heavy atom. The summed E-state index contributed by atoms with van der Waals surface area (Å²) in [5, 5.41) is 9.00. The average Bonchev–Trinajstić information content (AvgIpc) is 3.40. The van der Waals surface area contributed by atoms with Gasteiger partial charge < -0.3 is 20.9 Å². The number of Topliss-reactive ketones (excluding diaryl/α,β-unsaturated/α-hetero) is 1. The lowest BCUT2D eigenvalue weighted by Crippen LogP contribution is -2.29. The van der Waals surface area contributed by atoms with Crippen molar-refractivity contribution in [2.24, 2.45) is 0 Å². The number of ketones is 1. The van der Waals surface area contributed by atoms with E-state index in [4.69, 9.17) is 0 Å². The van der Waals surface area contributed by atoms with E-state index in [0.29, 0.717) is 23.5 Å². The maximum Gasteiger partial charge on any atom is 0.263 e. The molecule has 0 bridgehead atoms. The molecule has 1 aromatic carbocycles. The van der Waals surface area contributed by atoms with Gasteiger partial charge in [0.15, 0.2) is 11.5 Å². The van der Waals surface area contributed by atoms with Gasteiger partial charge in [-0.1, -0.05) is 18.2 Å². The molecule has 5 rings (SSSR count). The molecule has 0 unspecified atom stereocenters. The summed E-state index contributed by atoms with van der Waals surface area (Å²) in [4.78, 5) is 32.2. The zero-order valence-corrected chi connectivity index (χ0v) is 16.1. The van der Waals surface area contributed by atoms with Crippen molar-refractivity contribution in [3.05, 3.63) is 59.9 Å². The molecular formula is C22H20FN5O2. The molecule has 1 aliphatic carbocycles. The summed E-state index contributed by atoms with van der Waals surface area (Å²) >= 11 is 0. The third-order valence-electron chi connectivity index (χ3n) is 5.37. The largest absolute Gasteiger partial charge is 0.355 e. The molecule has 2 aliphatic rings. The van der Waals surface area contributed by atoms with Crippen LogP contribution in [-0.2, 0) is 11.3 Å². The van der Waals surface area contributed by atoms with Crippen molar-refractivity contribution in [1.29, 1.82) is 0 Å². The van der Waals surface area contributed by atoms with Crippen LogP contribution in [0.1, 0.15) is 28.9 Å². The number of fused-ring (bicyclic) bond motifs is 1. The molecule has 2 aromatic heterocycles. The molecule has 1 fully saturated rings. The molecular weight excluding hydrogens is 385 g/mol. The number of aromatic nitrogens is 2. The first-order valence-electron chi connectivity index (χ1n) is 9.81. The number of para-hydroxylation sites is 1. The highest BCUT2D eigenvalue weighted by atomic mass is 19.1. The molecule has 4 N–H and O–H groups in total. The average molecular weight is 405 g/mol. The lowest BCUT2D eigenvalue weighted by atomic mass is 10.0. The highest BCUT2D eigenvalue weighted by Crippen LogP contribution is 2.41. The first-order valence-corrected chi connectivity index (χ1v) is 9.81. The van der Waals surface area contributed by atoms with Crippen LogP contribution in [0.5, 0.6) is 0 Å². The maximum atomic E-state index is 14.0. The number of carbonyl (C=O) groups excluding carboxylic acids is 2. The van der Waals surface area contributed by atoms with Crippen LogP contribution in [0.3, 0.4) is 0 Å². The lowest BCUT2D eigenvalue weighted by Gasteiger charge is -2.14. The normalized spacial score (nSPS) is 16.6. The number of hydrogen-bond donors (Lipinski definition) is 4. The number of hydrogen-bond acceptors (Lipinski definition) is 5. The summed E-state index contributed by atoms with van der Waals surface area (Å²) in [6.45, 7) is 0.813. The molecule has 1 aliphatic heterocycles. The van der Waals surface area contributed by atoms with Crippen molar-refractivity contribution in [3.63, 3.8) is 0 Å². The van der Waals surface area contributed by atoms with Gasteiger partial charge in [-0.2, -0.15) is 0 Å². The van der Waals surface area contributed by atoms with Crippen LogP contribution in [0, 0.1) is 0 Å². The number of nitrogens with one attached hydrogen (secondary N) is 4. The van der Waals surface area contributed by atoms with Crippen molar-refractivity contribution in [1.82, 2.24) is 15.3 Å². The Balaban J connectivity index is 1.54. The molecule has 0 radical (unpaired) electrons. The van der Waals surface area contributed by atoms with Gasteiger partial charge in [-0.25, -0.2) is 9.37 Å². The summed E-state index contributed by atoms with van der Waals surface area (Å²) < 4.78 is 14.0. The third kappa shape index (κ3) is 3.35. The Morgan fingerprint density at radius 2 is 1.93 bits per heavy atom. The van der Waals surface area contributed by atoms with Crippen molar-refractivity contribution in [2.45, 2.75) is 25.1 Å². The van der Waals surface area contributed by atoms with E-state index in [2.05, 4.69) is 25.9 Å².